The molecule has 0 bridgehead atoms. The zero-order valence-electron chi connectivity index (χ0n) is 23.6. The van der Waals surface area contributed by atoms with Crippen LogP contribution in [0.15, 0.2) is 35.3 Å². The van der Waals surface area contributed by atoms with Crippen LogP contribution in [-0.4, -0.2) is 85.7 Å². The molecule has 2 saturated heterocycles. The van der Waals surface area contributed by atoms with Gasteiger partial charge in [-0.2, -0.15) is 0 Å². The Kier molecular flexibility index (Phi) is 8.58. The molecule has 3 atom stereocenters. The summed E-state index contributed by atoms with van der Waals surface area (Å²) in [5.41, 5.74) is 5.62. The van der Waals surface area contributed by atoms with Crippen molar-refractivity contribution in [1.82, 2.24) is 20.2 Å². The highest BCUT2D eigenvalue weighted by molar-refractivity contribution is 5.81. The SMILES string of the molecule is CC(C)C1N=C(N2CCC(COc3ccc(C4=CCC(C(=O)N5CC[C@@H](N(C)C)C5)CC4)cc3)CC2)ON1. The number of ether oxygens (including phenoxy) is 1. The summed E-state index contributed by atoms with van der Waals surface area (Å²) >= 11 is 0. The van der Waals surface area contributed by atoms with Crippen molar-refractivity contribution in [3.05, 3.63) is 35.9 Å². The number of allylic oxidation sites excluding steroid dienone is 2. The largest absolute Gasteiger partial charge is 0.493 e. The normalized spacial score (nSPS) is 26.5. The number of hydroxylamine groups is 1. The maximum absolute atomic E-state index is 13.0. The lowest BCUT2D eigenvalue weighted by Gasteiger charge is -2.31. The molecule has 1 aromatic carbocycles. The first-order chi connectivity index (χ1) is 18.4. The van der Waals surface area contributed by atoms with E-state index in [1.54, 1.807) is 0 Å². The zero-order chi connectivity index (χ0) is 26.6. The standard InChI is InChI=1S/C30H45N5O3/c1-21(2)28-31-30(38-32-28)34-16-13-22(14-17-34)20-37-27-11-9-24(10-12-27)23-5-7-25(8-6-23)29(36)35-18-15-26(19-35)33(3)4/h5,9-12,21-22,25-26,28,32H,6-8,13-20H2,1-4H3/t25?,26-,28?/m1/s1. The summed E-state index contributed by atoms with van der Waals surface area (Å²) in [5, 5.41) is 0. The van der Waals surface area contributed by atoms with E-state index in [2.05, 4.69) is 83.5 Å². The molecule has 5 rings (SSSR count). The molecule has 38 heavy (non-hydrogen) atoms. The van der Waals surface area contributed by atoms with Crippen LogP contribution in [0.25, 0.3) is 5.57 Å². The van der Waals surface area contributed by atoms with E-state index in [0.717, 1.165) is 83.1 Å². The summed E-state index contributed by atoms with van der Waals surface area (Å²) in [6.07, 6.45) is 8.32. The van der Waals surface area contributed by atoms with Gasteiger partial charge in [-0.05, 0) is 87.7 Å². The Bertz CT molecular complexity index is 1010. The summed E-state index contributed by atoms with van der Waals surface area (Å²) in [4.78, 5) is 29.9. The predicted molar refractivity (Wildman–Crippen MR) is 151 cm³/mol. The third-order valence-electron chi connectivity index (χ3n) is 8.71. The van der Waals surface area contributed by atoms with Gasteiger partial charge >= 0.3 is 6.02 Å². The smallest absolute Gasteiger partial charge is 0.309 e. The fourth-order valence-corrected chi connectivity index (χ4v) is 5.93. The Balaban J connectivity index is 1.05. The molecule has 0 saturated carbocycles. The van der Waals surface area contributed by atoms with Crippen LogP contribution in [0.2, 0.25) is 0 Å². The second-order valence-corrected chi connectivity index (χ2v) is 12.0. The van der Waals surface area contributed by atoms with Crippen molar-refractivity contribution < 1.29 is 14.4 Å². The highest BCUT2D eigenvalue weighted by atomic mass is 16.7. The lowest BCUT2D eigenvalue weighted by Crippen LogP contribution is -2.40. The van der Waals surface area contributed by atoms with Crippen molar-refractivity contribution >= 4 is 17.5 Å². The van der Waals surface area contributed by atoms with Gasteiger partial charge < -0.3 is 24.3 Å². The molecule has 1 amide bonds. The third kappa shape index (κ3) is 6.34. The molecule has 0 radical (unpaired) electrons. The van der Waals surface area contributed by atoms with Crippen LogP contribution in [0.5, 0.6) is 5.75 Å². The molecule has 2 unspecified atom stereocenters. The number of hydrogen-bond acceptors (Lipinski definition) is 7. The molecule has 8 heteroatoms. The highest BCUT2D eigenvalue weighted by Gasteiger charge is 2.32. The Morgan fingerprint density at radius 1 is 1.13 bits per heavy atom. The summed E-state index contributed by atoms with van der Waals surface area (Å²) in [6.45, 7) is 8.70. The predicted octanol–water partition coefficient (Wildman–Crippen LogP) is 4.00. The Hall–Kier alpha value is -2.58. The Morgan fingerprint density at radius 3 is 2.50 bits per heavy atom. The number of carbonyl (C=O) groups excluding carboxylic acids is 1. The van der Waals surface area contributed by atoms with Gasteiger partial charge in [0.2, 0.25) is 5.91 Å². The lowest BCUT2D eigenvalue weighted by molar-refractivity contribution is -0.134. The van der Waals surface area contributed by atoms with E-state index >= 15 is 0 Å². The van der Waals surface area contributed by atoms with Gasteiger partial charge in [0, 0.05) is 38.1 Å². The second kappa shape index (κ2) is 12.1. The lowest BCUT2D eigenvalue weighted by atomic mass is 9.86. The third-order valence-corrected chi connectivity index (χ3v) is 8.71. The number of likely N-dealkylation sites (N-methyl/N-ethyl adjacent to an activating group) is 1. The van der Waals surface area contributed by atoms with Gasteiger partial charge in [0.1, 0.15) is 11.9 Å². The van der Waals surface area contributed by atoms with Crippen molar-refractivity contribution in [3.8, 4) is 5.75 Å². The quantitative estimate of drug-likeness (QED) is 0.583. The average molecular weight is 524 g/mol. The van der Waals surface area contributed by atoms with Crippen molar-refractivity contribution in [2.75, 3.05) is 46.9 Å². The van der Waals surface area contributed by atoms with E-state index in [1.807, 2.05) is 0 Å². The van der Waals surface area contributed by atoms with Gasteiger partial charge in [-0.3, -0.25) is 4.79 Å². The zero-order valence-corrected chi connectivity index (χ0v) is 23.6. The molecule has 3 aliphatic heterocycles. The minimum atomic E-state index is 0.0495. The molecule has 0 spiro atoms. The van der Waals surface area contributed by atoms with E-state index in [0.29, 0.717) is 23.8 Å². The number of hydrogen-bond donors (Lipinski definition) is 1. The summed E-state index contributed by atoms with van der Waals surface area (Å²) in [7, 11) is 4.21. The minimum Gasteiger partial charge on any atom is -0.493 e. The number of amidine groups is 1. The molecule has 8 nitrogen and oxygen atoms in total. The molecular weight excluding hydrogens is 478 g/mol. The van der Waals surface area contributed by atoms with Crippen LogP contribution in [-0.2, 0) is 9.63 Å². The maximum atomic E-state index is 13.0. The number of benzene rings is 1. The summed E-state index contributed by atoms with van der Waals surface area (Å²) < 4.78 is 6.16. The van der Waals surface area contributed by atoms with Gasteiger partial charge in [0.15, 0.2) is 0 Å². The van der Waals surface area contributed by atoms with Crippen LogP contribution in [0.1, 0.15) is 57.9 Å². The van der Waals surface area contributed by atoms with Crippen molar-refractivity contribution in [3.63, 3.8) is 0 Å². The number of nitrogens with zero attached hydrogens (tertiary/aromatic N) is 4. The number of amides is 1. The Labute approximate surface area is 228 Å². The van der Waals surface area contributed by atoms with Crippen molar-refractivity contribution in [2.24, 2.45) is 22.7 Å². The molecule has 2 fully saturated rings. The number of likely N-dealkylation sites (tertiary alicyclic amines) is 2. The molecular formula is C30H45N5O3. The first-order valence-electron chi connectivity index (χ1n) is 14.5. The van der Waals surface area contributed by atoms with Crippen molar-refractivity contribution in [2.45, 2.75) is 64.6 Å². The molecule has 0 aromatic heterocycles. The number of aliphatic imine (C=N–C) groups is 1. The van der Waals surface area contributed by atoms with Gasteiger partial charge in [-0.1, -0.05) is 32.1 Å². The highest BCUT2D eigenvalue weighted by Crippen LogP contribution is 2.33. The van der Waals surface area contributed by atoms with E-state index in [9.17, 15) is 4.79 Å². The van der Waals surface area contributed by atoms with Crippen LogP contribution in [0.3, 0.4) is 0 Å². The Morgan fingerprint density at radius 2 is 1.89 bits per heavy atom. The summed E-state index contributed by atoms with van der Waals surface area (Å²) in [6, 6.07) is 9.75. The summed E-state index contributed by atoms with van der Waals surface area (Å²) in [5.74, 6) is 2.36. The molecule has 208 valence electrons. The fraction of sp³-hybridized carbons (Fsp3) is 0.667. The van der Waals surface area contributed by atoms with Gasteiger partial charge in [0.05, 0.1) is 6.61 Å². The maximum Gasteiger partial charge on any atom is 0.309 e. The molecule has 1 aromatic rings. The van der Waals surface area contributed by atoms with Gasteiger partial charge in [0.25, 0.3) is 0 Å². The van der Waals surface area contributed by atoms with Gasteiger partial charge in [-0.15, -0.1) is 5.48 Å². The van der Waals surface area contributed by atoms with Crippen LogP contribution < -0.4 is 10.2 Å². The molecule has 3 heterocycles. The number of piperidine rings is 1. The number of carbonyl (C=O) groups is 1. The van der Waals surface area contributed by atoms with E-state index in [4.69, 9.17) is 9.57 Å². The molecule has 1 aliphatic carbocycles. The van der Waals surface area contributed by atoms with Crippen molar-refractivity contribution in [1.29, 1.82) is 0 Å². The van der Waals surface area contributed by atoms with E-state index in [1.165, 1.54) is 11.1 Å². The molecule has 1 N–H and O–H groups in total. The second-order valence-electron chi connectivity index (χ2n) is 12.0. The van der Waals surface area contributed by atoms with Crippen LogP contribution in [0.4, 0.5) is 0 Å². The molecule has 4 aliphatic rings. The number of rotatable bonds is 7. The minimum absolute atomic E-state index is 0.0495. The van der Waals surface area contributed by atoms with E-state index in [-0.39, 0.29) is 12.1 Å². The van der Waals surface area contributed by atoms with Crippen LogP contribution in [0, 0.1) is 17.8 Å². The fourth-order valence-electron chi connectivity index (χ4n) is 5.93. The monoisotopic (exact) mass is 523 g/mol. The van der Waals surface area contributed by atoms with Gasteiger partial charge in [-0.25, -0.2) is 4.99 Å². The first-order valence-corrected chi connectivity index (χ1v) is 14.5. The topological polar surface area (TPSA) is 69.6 Å². The first kappa shape index (κ1) is 27.0. The average Bonchev–Trinajstić information content (AvgIpc) is 3.63. The number of nitrogens with one attached hydrogen (secondary N) is 1. The van der Waals surface area contributed by atoms with Crippen LogP contribution >= 0.6 is 0 Å². The van der Waals surface area contributed by atoms with E-state index < -0.39 is 0 Å².